The Morgan fingerprint density at radius 1 is 1.14 bits per heavy atom. The van der Waals surface area contributed by atoms with Gasteiger partial charge in [0.15, 0.2) is 0 Å². The Labute approximate surface area is 171 Å². The first-order valence-corrected chi connectivity index (χ1v) is 9.49. The zero-order chi connectivity index (χ0) is 21.0. The number of nitrogens with zero attached hydrogens (tertiary/aromatic N) is 1. The molecule has 1 fully saturated rings. The molecule has 156 valence electrons. The number of ether oxygens (including phenoxy) is 1. The van der Waals surface area contributed by atoms with Crippen LogP contribution in [0.25, 0.3) is 0 Å². The molecule has 2 amide bonds. The first-order chi connectivity index (χ1) is 13.7. The summed E-state index contributed by atoms with van der Waals surface area (Å²) in [5.41, 5.74) is 0.0375. The van der Waals surface area contributed by atoms with E-state index in [1.54, 1.807) is 37.3 Å². The highest BCUT2D eigenvalue weighted by Gasteiger charge is 2.35. The number of halogens is 4. The van der Waals surface area contributed by atoms with Crippen LogP contribution in [-0.4, -0.2) is 32.3 Å². The number of morpholine rings is 1. The summed E-state index contributed by atoms with van der Waals surface area (Å²) in [6, 6.07) is 9.61. The van der Waals surface area contributed by atoms with E-state index in [2.05, 4.69) is 10.6 Å². The van der Waals surface area contributed by atoms with Gasteiger partial charge in [0.25, 0.3) is 0 Å². The van der Waals surface area contributed by atoms with Gasteiger partial charge in [0, 0.05) is 23.8 Å². The van der Waals surface area contributed by atoms with Crippen molar-refractivity contribution in [3.63, 3.8) is 0 Å². The van der Waals surface area contributed by atoms with Crippen LogP contribution in [0.3, 0.4) is 0 Å². The minimum Gasteiger partial charge on any atom is -0.378 e. The van der Waals surface area contributed by atoms with Gasteiger partial charge in [-0.3, -0.25) is 0 Å². The van der Waals surface area contributed by atoms with Crippen LogP contribution < -0.4 is 15.5 Å². The number of hydrogen-bond donors (Lipinski definition) is 2. The lowest BCUT2D eigenvalue weighted by molar-refractivity contribution is -0.136. The summed E-state index contributed by atoms with van der Waals surface area (Å²) < 4.78 is 46.0. The van der Waals surface area contributed by atoms with Gasteiger partial charge in [0.1, 0.15) is 0 Å². The van der Waals surface area contributed by atoms with E-state index in [9.17, 15) is 18.0 Å². The average Bonchev–Trinajstić information content (AvgIpc) is 2.68. The van der Waals surface area contributed by atoms with Gasteiger partial charge in [-0.25, -0.2) is 4.79 Å². The first kappa shape index (κ1) is 21.3. The predicted octanol–water partition coefficient (Wildman–Crippen LogP) is 5.08. The molecule has 2 aromatic rings. The molecule has 29 heavy (non-hydrogen) atoms. The molecule has 0 radical (unpaired) electrons. The predicted molar refractivity (Wildman–Crippen MR) is 106 cm³/mol. The molecule has 1 unspecified atom stereocenters. The number of urea groups is 1. The number of carbonyl (C=O) groups is 1. The summed E-state index contributed by atoms with van der Waals surface area (Å²) in [6.07, 6.45) is -4.60. The fourth-order valence-electron chi connectivity index (χ4n) is 3.08. The minimum absolute atomic E-state index is 0.296. The number of rotatable bonds is 4. The van der Waals surface area contributed by atoms with Crippen molar-refractivity contribution in [1.29, 1.82) is 0 Å². The number of anilines is 2. The lowest BCUT2D eigenvalue weighted by Gasteiger charge is -2.29. The van der Waals surface area contributed by atoms with Gasteiger partial charge in [0.2, 0.25) is 0 Å². The number of benzene rings is 2. The minimum atomic E-state index is -4.60. The van der Waals surface area contributed by atoms with Crippen molar-refractivity contribution in [2.45, 2.75) is 19.1 Å². The molecule has 5 nitrogen and oxygen atoms in total. The summed E-state index contributed by atoms with van der Waals surface area (Å²) in [4.78, 5) is 14.1. The summed E-state index contributed by atoms with van der Waals surface area (Å²) in [5.74, 6) is 0. The van der Waals surface area contributed by atoms with E-state index in [0.29, 0.717) is 37.0 Å². The normalized spacial score (nSPS) is 15.7. The van der Waals surface area contributed by atoms with E-state index in [1.807, 2.05) is 4.90 Å². The molecule has 1 aliphatic rings. The summed E-state index contributed by atoms with van der Waals surface area (Å²) in [6.45, 7) is 3.69. The molecule has 0 saturated carbocycles. The van der Waals surface area contributed by atoms with Gasteiger partial charge in [-0.15, -0.1) is 0 Å². The second-order valence-electron chi connectivity index (χ2n) is 6.70. The molecule has 0 aliphatic carbocycles. The largest absolute Gasteiger partial charge is 0.418 e. The summed E-state index contributed by atoms with van der Waals surface area (Å²) >= 11 is 5.84. The maximum absolute atomic E-state index is 13.6. The van der Waals surface area contributed by atoms with E-state index in [4.69, 9.17) is 16.3 Å². The van der Waals surface area contributed by atoms with Crippen LogP contribution in [0.5, 0.6) is 0 Å². The monoisotopic (exact) mass is 427 g/mol. The van der Waals surface area contributed by atoms with Crippen molar-refractivity contribution in [3.8, 4) is 0 Å². The van der Waals surface area contributed by atoms with Crippen LogP contribution in [0.4, 0.5) is 29.3 Å². The maximum Gasteiger partial charge on any atom is 0.418 e. The van der Waals surface area contributed by atoms with Crippen molar-refractivity contribution in [3.05, 3.63) is 58.6 Å². The van der Waals surface area contributed by atoms with E-state index in [1.165, 1.54) is 6.07 Å². The Bertz CT molecular complexity index is 853. The lowest BCUT2D eigenvalue weighted by Crippen LogP contribution is -2.36. The van der Waals surface area contributed by atoms with Crippen LogP contribution in [0.15, 0.2) is 42.5 Å². The first-order valence-electron chi connectivity index (χ1n) is 9.11. The molecule has 1 heterocycles. The van der Waals surface area contributed by atoms with Crippen LogP contribution in [0, 0.1) is 0 Å². The highest BCUT2D eigenvalue weighted by molar-refractivity contribution is 6.30. The Balaban J connectivity index is 1.74. The van der Waals surface area contributed by atoms with Gasteiger partial charge in [0.05, 0.1) is 30.5 Å². The van der Waals surface area contributed by atoms with E-state index in [-0.39, 0.29) is 5.69 Å². The molecule has 2 N–H and O–H groups in total. The Morgan fingerprint density at radius 2 is 1.79 bits per heavy atom. The van der Waals surface area contributed by atoms with Crippen molar-refractivity contribution in [2.24, 2.45) is 0 Å². The molecular formula is C20H21ClF3N3O2. The third-order valence-corrected chi connectivity index (χ3v) is 4.90. The van der Waals surface area contributed by atoms with Crippen LogP contribution in [0.2, 0.25) is 5.02 Å². The summed E-state index contributed by atoms with van der Waals surface area (Å²) in [7, 11) is 0. The topological polar surface area (TPSA) is 53.6 Å². The number of nitrogens with one attached hydrogen (secondary N) is 2. The fraction of sp³-hybridized carbons (Fsp3) is 0.350. The number of amides is 2. The van der Waals surface area contributed by atoms with E-state index >= 15 is 0 Å². The van der Waals surface area contributed by atoms with Crippen molar-refractivity contribution in [1.82, 2.24) is 5.32 Å². The SMILES string of the molecule is CC(NC(=O)Nc1ccc(N2CCOCC2)cc1C(F)(F)F)c1ccc(Cl)cc1. The highest BCUT2D eigenvalue weighted by Crippen LogP contribution is 2.37. The lowest BCUT2D eigenvalue weighted by atomic mass is 10.1. The average molecular weight is 428 g/mol. The quantitative estimate of drug-likeness (QED) is 0.715. The number of carbonyl (C=O) groups excluding carboxylic acids is 1. The Kier molecular flexibility index (Phi) is 6.54. The standard InChI is InChI=1S/C20H21ClF3N3O2/c1-13(14-2-4-15(21)5-3-14)25-19(28)26-18-7-6-16(12-17(18)20(22,23)24)27-8-10-29-11-9-27/h2-7,12-13H,8-11H2,1H3,(H2,25,26,28). The molecule has 2 aromatic carbocycles. The van der Waals surface area contributed by atoms with Gasteiger partial charge >= 0.3 is 12.2 Å². The van der Waals surface area contributed by atoms with Gasteiger partial charge < -0.3 is 20.3 Å². The van der Waals surface area contributed by atoms with E-state index in [0.717, 1.165) is 11.6 Å². The third kappa shape index (κ3) is 5.55. The molecule has 9 heteroatoms. The van der Waals surface area contributed by atoms with Gasteiger partial charge in [-0.2, -0.15) is 13.2 Å². The molecule has 0 spiro atoms. The van der Waals surface area contributed by atoms with Crippen molar-refractivity contribution in [2.75, 3.05) is 36.5 Å². The molecule has 1 atom stereocenters. The highest BCUT2D eigenvalue weighted by atomic mass is 35.5. The van der Waals surface area contributed by atoms with Crippen LogP contribution >= 0.6 is 11.6 Å². The Morgan fingerprint density at radius 3 is 2.41 bits per heavy atom. The second kappa shape index (κ2) is 8.92. The molecule has 0 aromatic heterocycles. The molecule has 0 bridgehead atoms. The van der Waals surface area contributed by atoms with E-state index < -0.39 is 23.8 Å². The second-order valence-corrected chi connectivity index (χ2v) is 7.14. The maximum atomic E-state index is 13.6. The molecule has 1 aliphatic heterocycles. The number of alkyl halides is 3. The van der Waals surface area contributed by atoms with Crippen molar-refractivity contribution < 1.29 is 22.7 Å². The zero-order valence-corrected chi connectivity index (χ0v) is 16.5. The summed E-state index contributed by atoms with van der Waals surface area (Å²) in [5, 5.41) is 5.51. The van der Waals surface area contributed by atoms with Gasteiger partial charge in [-0.05, 0) is 42.8 Å². The smallest absolute Gasteiger partial charge is 0.378 e. The molecule has 3 rings (SSSR count). The van der Waals surface area contributed by atoms with Crippen molar-refractivity contribution >= 4 is 29.0 Å². The fourth-order valence-corrected chi connectivity index (χ4v) is 3.21. The van der Waals surface area contributed by atoms with Gasteiger partial charge in [-0.1, -0.05) is 23.7 Å². The van der Waals surface area contributed by atoms with Crippen LogP contribution in [-0.2, 0) is 10.9 Å². The Hall–Kier alpha value is -2.45. The zero-order valence-electron chi connectivity index (χ0n) is 15.7. The van der Waals surface area contributed by atoms with Crippen LogP contribution in [0.1, 0.15) is 24.1 Å². The third-order valence-electron chi connectivity index (χ3n) is 4.65. The number of hydrogen-bond acceptors (Lipinski definition) is 3. The molecular weight excluding hydrogens is 407 g/mol. The molecule has 1 saturated heterocycles.